The quantitative estimate of drug-likeness (QED) is 0.563. The fourth-order valence-corrected chi connectivity index (χ4v) is 3.00. The predicted molar refractivity (Wildman–Crippen MR) is 101 cm³/mol. The molecule has 0 saturated carbocycles. The third kappa shape index (κ3) is 4.29. The third-order valence-corrected chi connectivity index (χ3v) is 4.33. The summed E-state index contributed by atoms with van der Waals surface area (Å²) in [5.41, 5.74) is 2.85. The van der Waals surface area contributed by atoms with E-state index in [1.54, 1.807) is 42.6 Å². The van der Waals surface area contributed by atoms with Crippen molar-refractivity contribution in [2.45, 2.75) is 6.36 Å². The fraction of sp³-hybridized carbons (Fsp3) is 0.0909. The third-order valence-electron chi connectivity index (χ3n) is 4.33. The Kier molecular flexibility index (Phi) is 4.80. The monoisotopic (exact) mass is 397 g/mol. The average molecular weight is 397 g/mol. The first-order valence-corrected chi connectivity index (χ1v) is 8.68. The van der Waals surface area contributed by atoms with E-state index in [2.05, 4.69) is 9.72 Å². The lowest BCUT2D eigenvalue weighted by molar-refractivity contribution is -0.274. The lowest BCUT2D eigenvalue weighted by Crippen LogP contribution is -2.19. The summed E-state index contributed by atoms with van der Waals surface area (Å²) >= 11 is 0. The molecule has 0 atom stereocenters. The zero-order chi connectivity index (χ0) is 20.4. The van der Waals surface area contributed by atoms with Gasteiger partial charge in [0.15, 0.2) is 5.78 Å². The Morgan fingerprint density at radius 2 is 1.76 bits per heavy atom. The first kappa shape index (κ1) is 18.7. The summed E-state index contributed by atoms with van der Waals surface area (Å²) in [6.07, 6.45) is -1.42. The van der Waals surface area contributed by atoms with Crippen LogP contribution in [0.3, 0.4) is 0 Å². The van der Waals surface area contributed by atoms with Crippen LogP contribution < -0.4 is 9.47 Å². The summed E-state index contributed by atoms with van der Waals surface area (Å²) in [6, 6.07) is 16.0. The van der Waals surface area contributed by atoms with Gasteiger partial charge in [-0.1, -0.05) is 24.3 Å². The highest BCUT2D eigenvalue weighted by molar-refractivity contribution is 6.14. The van der Waals surface area contributed by atoms with Crippen LogP contribution in [0, 0.1) is 0 Å². The van der Waals surface area contributed by atoms with Crippen molar-refractivity contribution in [1.82, 2.24) is 4.98 Å². The number of ether oxygens (including phenoxy) is 2. The minimum Gasteiger partial charge on any atom is -0.488 e. The summed E-state index contributed by atoms with van der Waals surface area (Å²) in [5.74, 6) is -0.0103. The van der Waals surface area contributed by atoms with E-state index in [1.165, 1.54) is 24.3 Å². The van der Waals surface area contributed by atoms with Crippen molar-refractivity contribution < 1.29 is 27.4 Å². The standard InChI is InChI=1S/C22H14F3NO3/c23-22(24,25)29-18-7-4-14(5-8-18)15-6-9-20-19(12-15)21(27)16(13-28-20)11-17-3-1-2-10-26-17/h1-12H,13H2/b16-11+. The number of rotatable bonds is 3. The molecule has 0 N–H and O–H groups in total. The lowest BCUT2D eigenvalue weighted by Gasteiger charge is -2.19. The molecule has 4 nitrogen and oxygen atoms in total. The molecule has 0 radical (unpaired) electrons. The molecule has 0 amide bonds. The number of ketones is 1. The Hall–Kier alpha value is -3.61. The number of aromatic nitrogens is 1. The molecule has 0 aliphatic carbocycles. The zero-order valence-corrected chi connectivity index (χ0v) is 14.9. The molecule has 7 heteroatoms. The minimum atomic E-state index is -4.74. The van der Waals surface area contributed by atoms with Gasteiger partial charge in [-0.2, -0.15) is 0 Å². The van der Waals surface area contributed by atoms with E-state index < -0.39 is 6.36 Å². The molecule has 146 valence electrons. The van der Waals surface area contributed by atoms with Crippen LogP contribution in [0.5, 0.6) is 11.5 Å². The van der Waals surface area contributed by atoms with Crippen LogP contribution in [0.15, 0.2) is 72.4 Å². The Bertz CT molecular complexity index is 1070. The Labute approximate surface area is 164 Å². The molecule has 4 rings (SSSR count). The zero-order valence-electron chi connectivity index (χ0n) is 14.9. The first-order valence-electron chi connectivity index (χ1n) is 8.68. The van der Waals surface area contributed by atoms with Gasteiger partial charge in [0.25, 0.3) is 0 Å². The Morgan fingerprint density at radius 1 is 1.00 bits per heavy atom. The van der Waals surface area contributed by atoms with Crippen molar-refractivity contribution in [2.75, 3.05) is 6.61 Å². The second-order valence-electron chi connectivity index (χ2n) is 6.33. The number of hydrogen-bond donors (Lipinski definition) is 0. The number of nitrogens with zero attached hydrogens (tertiary/aromatic N) is 1. The van der Waals surface area contributed by atoms with Gasteiger partial charge in [-0.3, -0.25) is 9.78 Å². The van der Waals surface area contributed by atoms with Gasteiger partial charge >= 0.3 is 6.36 Å². The summed E-state index contributed by atoms with van der Waals surface area (Å²) in [4.78, 5) is 17.1. The van der Waals surface area contributed by atoms with Crippen LogP contribution in [0.4, 0.5) is 13.2 Å². The van der Waals surface area contributed by atoms with Crippen molar-refractivity contribution in [2.24, 2.45) is 0 Å². The average Bonchev–Trinajstić information content (AvgIpc) is 2.70. The van der Waals surface area contributed by atoms with E-state index in [-0.39, 0.29) is 18.1 Å². The second kappa shape index (κ2) is 7.43. The minimum absolute atomic E-state index is 0.144. The Balaban J connectivity index is 1.62. The van der Waals surface area contributed by atoms with Crippen molar-refractivity contribution >= 4 is 11.9 Å². The largest absolute Gasteiger partial charge is 0.573 e. The second-order valence-corrected chi connectivity index (χ2v) is 6.33. The van der Waals surface area contributed by atoms with Crippen molar-refractivity contribution in [3.8, 4) is 22.6 Å². The van der Waals surface area contributed by atoms with Crippen LogP contribution in [0.25, 0.3) is 17.2 Å². The van der Waals surface area contributed by atoms with Gasteiger partial charge in [0, 0.05) is 11.8 Å². The summed E-state index contributed by atoms with van der Waals surface area (Å²) in [7, 11) is 0. The van der Waals surface area contributed by atoms with Crippen molar-refractivity contribution in [3.63, 3.8) is 0 Å². The highest BCUT2D eigenvalue weighted by atomic mass is 19.4. The van der Waals surface area contributed by atoms with Crippen LogP contribution in [0.1, 0.15) is 16.1 Å². The molecule has 1 aliphatic rings. The summed E-state index contributed by atoms with van der Waals surface area (Å²) in [5, 5.41) is 0. The molecular weight excluding hydrogens is 383 g/mol. The van der Waals surface area contributed by atoms with E-state index in [0.29, 0.717) is 33.7 Å². The van der Waals surface area contributed by atoms with Gasteiger partial charge in [0.1, 0.15) is 18.1 Å². The number of hydrogen-bond acceptors (Lipinski definition) is 4. The van der Waals surface area contributed by atoms with Crippen LogP contribution >= 0.6 is 0 Å². The van der Waals surface area contributed by atoms with E-state index in [9.17, 15) is 18.0 Å². The number of benzene rings is 2. The maximum absolute atomic E-state index is 12.9. The van der Waals surface area contributed by atoms with E-state index in [4.69, 9.17) is 4.74 Å². The molecule has 1 aliphatic heterocycles. The Morgan fingerprint density at radius 3 is 2.45 bits per heavy atom. The maximum Gasteiger partial charge on any atom is 0.573 e. The first-order chi connectivity index (χ1) is 13.9. The van der Waals surface area contributed by atoms with Crippen LogP contribution in [0.2, 0.25) is 0 Å². The van der Waals surface area contributed by atoms with Gasteiger partial charge in [-0.15, -0.1) is 13.2 Å². The SMILES string of the molecule is O=C1/C(=C/c2ccccn2)COc2ccc(-c3ccc(OC(F)(F)F)cc3)cc21. The van der Waals surface area contributed by atoms with Gasteiger partial charge in [0.2, 0.25) is 0 Å². The molecule has 0 spiro atoms. The van der Waals surface area contributed by atoms with E-state index in [0.717, 1.165) is 0 Å². The number of Topliss-reactive ketones (excluding diaryl/α,β-unsaturated/α-hetero) is 1. The highest BCUT2D eigenvalue weighted by Gasteiger charge is 2.31. The number of carbonyl (C=O) groups excluding carboxylic acids is 1. The normalized spacial score (nSPS) is 15.0. The number of pyridine rings is 1. The number of alkyl halides is 3. The molecule has 3 aromatic rings. The van der Waals surface area contributed by atoms with Gasteiger partial charge in [-0.25, -0.2) is 0 Å². The van der Waals surface area contributed by atoms with Crippen molar-refractivity contribution in [1.29, 1.82) is 0 Å². The molecule has 0 bridgehead atoms. The summed E-state index contributed by atoms with van der Waals surface area (Å²) < 4.78 is 46.5. The molecular formula is C22H14F3NO3. The van der Waals surface area contributed by atoms with Gasteiger partial charge in [-0.05, 0) is 53.6 Å². The van der Waals surface area contributed by atoms with Crippen molar-refractivity contribution in [3.05, 3.63) is 83.7 Å². The van der Waals surface area contributed by atoms with E-state index >= 15 is 0 Å². The van der Waals surface area contributed by atoms with Crippen LogP contribution in [-0.2, 0) is 0 Å². The molecule has 29 heavy (non-hydrogen) atoms. The predicted octanol–water partition coefficient (Wildman–Crippen LogP) is 5.31. The molecule has 2 aromatic carbocycles. The molecule has 2 heterocycles. The maximum atomic E-state index is 12.9. The lowest BCUT2D eigenvalue weighted by atomic mass is 9.95. The molecule has 0 saturated heterocycles. The van der Waals surface area contributed by atoms with E-state index in [1.807, 2.05) is 6.07 Å². The van der Waals surface area contributed by atoms with Gasteiger partial charge < -0.3 is 9.47 Å². The highest BCUT2D eigenvalue weighted by Crippen LogP contribution is 2.33. The number of carbonyl (C=O) groups is 1. The molecule has 1 aromatic heterocycles. The summed E-state index contributed by atoms with van der Waals surface area (Å²) in [6.45, 7) is 0.144. The topological polar surface area (TPSA) is 48.4 Å². The number of fused-ring (bicyclic) bond motifs is 1. The smallest absolute Gasteiger partial charge is 0.488 e. The van der Waals surface area contributed by atoms with Crippen LogP contribution in [-0.4, -0.2) is 23.7 Å². The van der Waals surface area contributed by atoms with Gasteiger partial charge in [0.05, 0.1) is 11.3 Å². The number of halogens is 3. The molecule has 0 fully saturated rings. The molecule has 0 unspecified atom stereocenters. The fourth-order valence-electron chi connectivity index (χ4n) is 3.00.